The van der Waals surface area contributed by atoms with Gasteiger partial charge in [0.15, 0.2) is 1.41 Å². The third-order valence-electron chi connectivity index (χ3n) is 3.74. The molecule has 0 aliphatic carbocycles. The SMILES string of the molecule is [2H]n1c(=O)/c(=C/c2ccccc2)[nH]c(=O)/c1=C/c1nc[nH]c1C(C)(C)C. The Morgan fingerprint density at radius 1 is 1.04 bits per heavy atom. The first kappa shape index (κ1) is 15.4. The molecule has 0 saturated carbocycles. The van der Waals surface area contributed by atoms with E-state index in [0.29, 0.717) is 10.7 Å². The number of nitrogens with zero attached hydrogens (tertiary/aromatic N) is 1. The lowest BCUT2D eigenvalue weighted by molar-refractivity contribution is 0.571. The molecular formula is C19H20N4O2. The van der Waals surface area contributed by atoms with Gasteiger partial charge in [-0.25, -0.2) is 4.98 Å². The van der Waals surface area contributed by atoms with Crippen LogP contribution in [0.1, 0.15) is 37.7 Å². The summed E-state index contributed by atoms with van der Waals surface area (Å²) in [6, 6.07) is 9.14. The van der Waals surface area contributed by atoms with Gasteiger partial charge in [-0.3, -0.25) is 9.59 Å². The van der Waals surface area contributed by atoms with E-state index in [9.17, 15) is 9.59 Å². The molecule has 0 radical (unpaired) electrons. The Morgan fingerprint density at radius 2 is 1.76 bits per heavy atom. The first-order chi connectivity index (χ1) is 12.3. The van der Waals surface area contributed by atoms with Gasteiger partial charge in [0.05, 0.1) is 12.0 Å². The summed E-state index contributed by atoms with van der Waals surface area (Å²) in [5, 5.41) is -0.00997. The zero-order chi connectivity index (χ0) is 18.9. The number of nitrogens with one attached hydrogen (secondary N) is 3. The quantitative estimate of drug-likeness (QED) is 0.644. The maximum Gasteiger partial charge on any atom is 0.272 e. The van der Waals surface area contributed by atoms with E-state index in [2.05, 4.69) is 15.0 Å². The number of aromatic nitrogens is 4. The smallest absolute Gasteiger partial charge is 0.272 e. The highest BCUT2D eigenvalue weighted by Crippen LogP contribution is 2.22. The Balaban J connectivity index is 2.23. The molecule has 1 aromatic carbocycles. The molecule has 6 nitrogen and oxygen atoms in total. The first-order valence-electron chi connectivity index (χ1n) is 8.39. The third kappa shape index (κ3) is 3.68. The van der Waals surface area contributed by atoms with Crippen LogP contribution in [-0.4, -0.2) is 19.9 Å². The van der Waals surface area contributed by atoms with Crippen LogP contribution in [0.5, 0.6) is 0 Å². The maximum absolute atomic E-state index is 12.5. The third-order valence-corrected chi connectivity index (χ3v) is 3.74. The fourth-order valence-electron chi connectivity index (χ4n) is 2.52. The van der Waals surface area contributed by atoms with Gasteiger partial charge in [0.2, 0.25) is 0 Å². The molecule has 3 N–H and O–H groups in total. The topological polar surface area (TPSA) is 94.4 Å². The van der Waals surface area contributed by atoms with Crippen LogP contribution in [0.25, 0.3) is 12.2 Å². The van der Waals surface area contributed by atoms with Crippen molar-refractivity contribution in [2.75, 3.05) is 0 Å². The molecule has 0 unspecified atom stereocenters. The summed E-state index contributed by atoms with van der Waals surface area (Å²) >= 11 is 0. The second kappa shape index (κ2) is 6.39. The second-order valence-electron chi connectivity index (χ2n) is 6.78. The Labute approximate surface area is 145 Å². The average Bonchev–Trinajstić information content (AvgIpc) is 3.06. The molecule has 6 heteroatoms. The molecule has 25 heavy (non-hydrogen) atoms. The van der Waals surface area contributed by atoms with Crippen LogP contribution in [0.3, 0.4) is 0 Å². The second-order valence-corrected chi connectivity index (χ2v) is 6.78. The summed E-state index contributed by atoms with van der Waals surface area (Å²) in [6.07, 6.45) is 4.54. The van der Waals surface area contributed by atoms with Crippen LogP contribution < -0.4 is 21.8 Å². The molecule has 0 aliphatic heterocycles. The number of benzene rings is 1. The van der Waals surface area contributed by atoms with Gasteiger partial charge in [0, 0.05) is 11.1 Å². The molecule has 2 aromatic heterocycles. The van der Waals surface area contributed by atoms with Gasteiger partial charge in [-0.15, -0.1) is 0 Å². The summed E-state index contributed by atoms with van der Waals surface area (Å²) < 4.78 is 8.07. The number of imidazole rings is 1. The van der Waals surface area contributed by atoms with Gasteiger partial charge in [-0.2, -0.15) is 0 Å². The van der Waals surface area contributed by atoms with E-state index < -0.39 is 11.1 Å². The van der Waals surface area contributed by atoms with E-state index in [4.69, 9.17) is 1.41 Å². The lowest BCUT2D eigenvalue weighted by Gasteiger charge is -2.16. The van der Waals surface area contributed by atoms with Crippen molar-refractivity contribution in [3.63, 3.8) is 0 Å². The minimum Gasteiger partial charge on any atom is -0.348 e. The first-order valence-corrected chi connectivity index (χ1v) is 7.94. The fourth-order valence-corrected chi connectivity index (χ4v) is 2.52. The molecule has 0 amide bonds. The largest absolute Gasteiger partial charge is 0.348 e. The van der Waals surface area contributed by atoms with E-state index in [1.54, 1.807) is 6.08 Å². The summed E-state index contributed by atoms with van der Waals surface area (Å²) in [4.78, 5) is 35.4. The van der Waals surface area contributed by atoms with Crippen molar-refractivity contribution < 1.29 is 1.41 Å². The van der Waals surface area contributed by atoms with E-state index in [1.165, 1.54) is 12.4 Å². The van der Waals surface area contributed by atoms with Crippen LogP contribution >= 0.6 is 0 Å². The number of aromatic amines is 3. The molecule has 0 fully saturated rings. The molecule has 3 aromatic rings. The van der Waals surface area contributed by atoms with Crippen LogP contribution in [0.2, 0.25) is 1.41 Å². The molecule has 0 atom stereocenters. The molecule has 0 spiro atoms. The Hall–Kier alpha value is -3.15. The van der Waals surface area contributed by atoms with Gasteiger partial charge in [0.25, 0.3) is 11.1 Å². The molecule has 0 saturated heterocycles. The van der Waals surface area contributed by atoms with Crippen LogP contribution in [-0.2, 0) is 5.41 Å². The zero-order valence-electron chi connectivity index (χ0n) is 15.3. The van der Waals surface area contributed by atoms with Crippen molar-refractivity contribution in [2.45, 2.75) is 26.2 Å². The summed E-state index contributed by atoms with van der Waals surface area (Å²) in [5.41, 5.74) is 0.771. The molecule has 0 aliphatic rings. The number of H-pyrrole nitrogens is 3. The lowest BCUT2D eigenvalue weighted by Crippen LogP contribution is -2.46. The molecule has 2 heterocycles. The normalized spacial score (nSPS) is 14.0. The minimum atomic E-state index is -0.604. The predicted octanol–water partition coefficient (Wildman–Crippen LogP) is 0.741. The molecule has 128 valence electrons. The number of hydrogen-bond donors (Lipinski definition) is 3. The lowest BCUT2D eigenvalue weighted by atomic mass is 9.90. The van der Waals surface area contributed by atoms with Gasteiger partial charge in [-0.05, 0) is 17.7 Å². The Bertz CT molecular complexity index is 1170. The van der Waals surface area contributed by atoms with Gasteiger partial charge in [-0.1, -0.05) is 51.1 Å². The average molecular weight is 337 g/mol. The van der Waals surface area contributed by atoms with Gasteiger partial charge >= 0.3 is 0 Å². The van der Waals surface area contributed by atoms with Crippen molar-refractivity contribution in [1.29, 1.82) is 0 Å². The van der Waals surface area contributed by atoms with Crippen LogP contribution in [0.4, 0.5) is 0 Å². The maximum atomic E-state index is 12.5. The van der Waals surface area contributed by atoms with Crippen LogP contribution in [0, 0.1) is 0 Å². The summed E-state index contributed by atoms with van der Waals surface area (Å²) in [7, 11) is 0. The summed E-state index contributed by atoms with van der Waals surface area (Å²) in [5.74, 6) is 0. The van der Waals surface area contributed by atoms with Crippen molar-refractivity contribution in [1.82, 2.24) is 19.9 Å². The van der Waals surface area contributed by atoms with Crippen molar-refractivity contribution in [3.8, 4) is 0 Å². The standard InChI is InChI=1S/C19H20N4O2/c1-19(2,3)16-13(20-11-21-16)10-15-18(25)22-14(17(24)23-15)9-12-7-5-4-6-8-12/h4-11H,1-3H3,(H,20,21)(H,22,25)(H,23,24)/b14-9-,15-10-/i/hD. The fraction of sp³-hybridized carbons (Fsp3) is 0.211. The number of hydrogen-bond acceptors (Lipinski definition) is 3. The molecule has 3 rings (SSSR count). The van der Waals surface area contributed by atoms with Gasteiger partial charge < -0.3 is 14.9 Å². The minimum absolute atomic E-state index is 0.0615. The Morgan fingerprint density at radius 3 is 2.44 bits per heavy atom. The van der Waals surface area contributed by atoms with Crippen molar-refractivity contribution in [3.05, 3.63) is 85.0 Å². The highest BCUT2D eigenvalue weighted by Gasteiger charge is 2.19. The van der Waals surface area contributed by atoms with Gasteiger partial charge in [0.1, 0.15) is 10.7 Å². The van der Waals surface area contributed by atoms with Crippen molar-refractivity contribution in [2.24, 2.45) is 0 Å². The number of rotatable bonds is 2. The van der Waals surface area contributed by atoms with E-state index >= 15 is 0 Å². The molecule has 0 bridgehead atoms. The van der Waals surface area contributed by atoms with Crippen molar-refractivity contribution >= 4 is 12.2 Å². The highest BCUT2D eigenvalue weighted by atomic mass is 16.1. The summed E-state index contributed by atoms with van der Waals surface area (Å²) in [6.45, 7) is 6.02. The van der Waals surface area contributed by atoms with E-state index in [-0.39, 0.29) is 16.1 Å². The highest BCUT2D eigenvalue weighted by molar-refractivity contribution is 5.49. The van der Waals surface area contributed by atoms with E-state index in [0.717, 1.165) is 11.3 Å². The Kier molecular flexibility index (Phi) is 3.93. The molecular weight excluding hydrogens is 316 g/mol. The van der Waals surface area contributed by atoms with Crippen LogP contribution in [0.15, 0.2) is 46.2 Å². The predicted molar refractivity (Wildman–Crippen MR) is 97.8 cm³/mol. The zero-order valence-corrected chi connectivity index (χ0v) is 14.3. The van der Waals surface area contributed by atoms with E-state index in [1.807, 2.05) is 51.1 Å². The monoisotopic (exact) mass is 337 g/mol.